The molecule has 1 nitrogen and oxygen atoms in total. The highest BCUT2D eigenvalue weighted by atomic mass is 16.1. The van der Waals surface area contributed by atoms with Crippen molar-refractivity contribution in [3.8, 4) is 0 Å². The predicted molar refractivity (Wildman–Crippen MR) is 64.6 cm³/mol. The van der Waals surface area contributed by atoms with Gasteiger partial charge in [-0.3, -0.25) is 4.79 Å². The molecule has 0 aliphatic heterocycles. The van der Waals surface area contributed by atoms with Gasteiger partial charge in [0.05, 0.1) is 0 Å². The number of carbonyl (C=O) groups excluding carboxylic acids is 1. The van der Waals surface area contributed by atoms with Crippen LogP contribution in [0.15, 0.2) is 23.8 Å². The van der Waals surface area contributed by atoms with E-state index in [4.69, 9.17) is 0 Å². The van der Waals surface area contributed by atoms with Crippen molar-refractivity contribution in [2.45, 2.75) is 41.0 Å². The fourth-order valence-electron chi connectivity index (χ4n) is 2.62. The van der Waals surface area contributed by atoms with Gasteiger partial charge in [-0.2, -0.15) is 0 Å². The lowest BCUT2D eigenvalue weighted by Gasteiger charge is -2.41. The fraction of sp³-hybridized carbons (Fsp3) is 0.643. The Morgan fingerprint density at radius 1 is 1.53 bits per heavy atom. The summed E-state index contributed by atoms with van der Waals surface area (Å²) in [6.07, 6.45) is 6.88. The summed E-state index contributed by atoms with van der Waals surface area (Å²) in [6.45, 7) is 10.6. The molecule has 0 spiro atoms. The van der Waals surface area contributed by atoms with E-state index in [1.165, 1.54) is 5.57 Å². The standard InChI is InChI=1S/C14H22O/c1-6-7-12(15)13-10(2)8-9-11(3)14(13,4)5/h6-7,9-10,13H,8H2,1-5H3/b7-6+/t10-,13+/m1/s1. The number of hydrogen-bond acceptors (Lipinski definition) is 1. The van der Waals surface area contributed by atoms with Crippen molar-refractivity contribution in [3.63, 3.8) is 0 Å². The molecule has 1 aliphatic rings. The molecule has 0 aromatic rings. The van der Waals surface area contributed by atoms with Crippen molar-refractivity contribution in [1.29, 1.82) is 0 Å². The second kappa shape index (κ2) is 4.34. The maximum atomic E-state index is 12.1. The first-order valence-electron chi connectivity index (χ1n) is 5.75. The van der Waals surface area contributed by atoms with Crippen molar-refractivity contribution in [2.75, 3.05) is 0 Å². The minimum atomic E-state index is 0.00819. The van der Waals surface area contributed by atoms with E-state index in [0.717, 1.165) is 6.42 Å². The third-order valence-corrected chi connectivity index (χ3v) is 3.80. The summed E-state index contributed by atoms with van der Waals surface area (Å²) >= 11 is 0. The van der Waals surface area contributed by atoms with Gasteiger partial charge in [-0.15, -0.1) is 0 Å². The van der Waals surface area contributed by atoms with Crippen molar-refractivity contribution in [2.24, 2.45) is 17.3 Å². The van der Waals surface area contributed by atoms with Gasteiger partial charge in [0.25, 0.3) is 0 Å². The third-order valence-electron chi connectivity index (χ3n) is 3.80. The van der Waals surface area contributed by atoms with E-state index >= 15 is 0 Å². The minimum absolute atomic E-state index is 0.00819. The molecule has 0 aromatic carbocycles. The second-order valence-corrected chi connectivity index (χ2v) is 5.20. The van der Waals surface area contributed by atoms with Crippen LogP contribution >= 0.6 is 0 Å². The maximum Gasteiger partial charge on any atom is 0.159 e. The van der Waals surface area contributed by atoms with Gasteiger partial charge >= 0.3 is 0 Å². The zero-order valence-corrected chi connectivity index (χ0v) is 10.5. The molecule has 2 atom stereocenters. The lowest BCUT2D eigenvalue weighted by Crippen LogP contribution is -2.38. The smallest absolute Gasteiger partial charge is 0.159 e. The van der Waals surface area contributed by atoms with Gasteiger partial charge < -0.3 is 0 Å². The number of carbonyl (C=O) groups is 1. The SMILES string of the molecule is C/C=C/C(=O)[C@@H]1[C@H](C)CC=C(C)C1(C)C. The van der Waals surface area contributed by atoms with Gasteiger partial charge in [-0.05, 0) is 37.7 Å². The largest absolute Gasteiger partial charge is 0.295 e. The molecular weight excluding hydrogens is 184 g/mol. The van der Waals surface area contributed by atoms with Crippen LogP contribution in [0.3, 0.4) is 0 Å². The summed E-state index contributed by atoms with van der Waals surface area (Å²) in [7, 11) is 0. The molecule has 1 aliphatic carbocycles. The maximum absolute atomic E-state index is 12.1. The molecule has 0 radical (unpaired) electrons. The molecule has 0 fully saturated rings. The summed E-state index contributed by atoms with van der Waals surface area (Å²) in [6, 6.07) is 0. The van der Waals surface area contributed by atoms with Gasteiger partial charge in [0.2, 0.25) is 0 Å². The average Bonchev–Trinajstić information content (AvgIpc) is 2.12. The van der Waals surface area contributed by atoms with Crippen LogP contribution in [0.5, 0.6) is 0 Å². The molecule has 0 unspecified atom stereocenters. The van der Waals surface area contributed by atoms with Gasteiger partial charge in [-0.1, -0.05) is 38.5 Å². The van der Waals surface area contributed by atoms with E-state index < -0.39 is 0 Å². The highest BCUT2D eigenvalue weighted by molar-refractivity contribution is 5.92. The molecule has 15 heavy (non-hydrogen) atoms. The fourth-order valence-corrected chi connectivity index (χ4v) is 2.62. The van der Waals surface area contributed by atoms with Crippen LogP contribution in [-0.4, -0.2) is 5.78 Å². The topological polar surface area (TPSA) is 17.1 Å². The molecule has 0 heterocycles. The van der Waals surface area contributed by atoms with Crippen LogP contribution in [0, 0.1) is 17.3 Å². The Morgan fingerprint density at radius 2 is 2.13 bits per heavy atom. The Kier molecular flexibility index (Phi) is 3.54. The molecule has 84 valence electrons. The molecule has 0 aromatic heterocycles. The summed E-state index contributed by atoms with van der Waals surface area (Å²) in [5.74, 6) is 0.869. The summed E-state index contributed by atoms with van der Waals surface area (Å²) in [5.41, 5.74) is 1.36. The molecule has 1 heteroatoms. The van der Waals surface area contributed by atoms with Gasteiger partial charge in [0.15, 0.2) is 5.78 Å². The zero-order valence-electron chi connectivity index (χ0n) is 10.5. The summed E-state index contributed by atoms with van der Waals surface area (Å²) in [5, 5.41) is 0. The monoisotopic (exact) mass is 206 g/mol. The molecule has 0 saturated carbocycles. The quantitative estimate of drug-likeness (QED) is 0.496. The first kappa shape index (κ1) is 12.2. The molecule has 1 rings (SSSR count). The van der Waals surface area contributed by atoms with Gasteiger partial charge in [-0.25, -0.2) is 0 Å². The molecule has 0 saturated heterocycles. The van der Waals surface area contributed by atoms with E-state index in [1.54, 1.807) is 6.08 Å². The van der Waals surface area contributed by atoms with E-state index in [9.17, 15) is 4.79 Å². The Balaban J connectivity index is 3.05. The highest BCUT2D eigenvalue weighted by Crippen LogP contribution is 2.44. The molecular formula is C14H22O. The van der Waals surface area contributed by atoms with Crippen LogP contribution in [0.1, 0.15) is 41.0 Å². The van der Waals surface area contributed by atoms with Gasteiger partial charge in [0, 0.05) is 5.92 Å². The van der Waals surface area contributed by atoms with Crippen LogP contribution in [0.4, 0.5) is 0 Å². The van der Waals surface area contributed by atoms with Crippen molar-refractivity contribution >= 4 is 5.78 Å². The van der Waals surface area contributed by atoms with Crippen molar-refractivity contribution in [3.05, 3.63) is 23.8 Å². The zero-order chi connectivity index (χ0) is 11.6. The molecule has 0 bridgehead atoms. The number of allylic oxidation sites excluding steroid dienone is 4. The minimum Gasteiger partial charge on any atom is -0.295 e. The van der Waals surface area contributed by atoms with Gasteiger partial charge in [0.1, 0.15) is 0 Å². The highest BCUT2D eigenvalue weighted by Gasteiger charge is 2.40. The Hall–Kier alpha value is -0.850. The molecule has 0 N–H and O–H groups in total. The van der Waals surface area contributed by atoms with E-state index in [1.807, 2.05) is 13.0 Å². The van der Waals surface area contributed by atoms with E-state index in [2.05, 4.69) is 33.8 Å². The van der Waals surface area contributed by atoms with Crippen LogP contribution in [0.25, 0.3) is 0 Å². The van der Waals surface area contributed by atoms with Crippen molar-refractivity contribution < 1.29 is 4.79 Å². The number of hydrogen-bond donors (Lipinski definition) is 0. The lowest BCUT2D eigenvalue weighted by atomic mass is 9.62. The predicted octanol–water partition coefficient (Wildman–Crippen LogP) is 3.76. The summed E-state index contributed by atoms with van der Waals surface area (Å²) < 4.78 is 0. The Bertz CT molecular complexity index is 307. The number of rotatable bonds is 2. The Morgan fingerprint density at radius 3 is 2.67 bits per heavy atom. The van der Waals surface area contributed by atoms with E-state index in [0.29, 0.717) is 5.92 Å². The first-order chi connectivity index (χ1) is 6.91. The summed E-state index contributed by atoms with van der Waals surface area (Å²) in [4.78, 5) is 12.1. The lowest BCUT2D eigenvalue weighted by molar-refractivity contribution is -0.123. The van der Waals surface area contributed by atoms with Crippen LogP contribution < -0.4 is 0 Å². The third kappa shape index (κ3) is 2.22. The van der Waals surface area contributed by atoms with Crippen LogP contribution in [-0.2, 0) is 4.79 Å². The molecule has 0 amide bonds. The van der Waals surface area contributed by atoms with Crippen LogP contribution in [0.2, 0.25) is 0 Å². The van der Waals surface area contributed by atoms with Crippen molar-refractivity contribution in [1.82, 2.24) is 0 Å². The normalized spacial score (nSPS) is 30.3. The van der Waals surface area contributed by atoms with E-state index in [-0.39, 0.29) is 17.1 Å². The average molecular weight is 206 g/mol. The Labute approximate surface area is 93.3 Å². The first-order valence-corrected chi connectivity index (χ1v) is 5.75. The number of ketones is 1. The second-order valence-electron chi connectivity index (χ2n) is 5.20.